The summed E-state index contributed by atoms with van der Waals surface area (Å²) >= 11 is 0. The molecule has 5 nitrogen and oxygen atoms in total. The molecule has 5 aliphatic rings. The van der Waals surface area contributed by atoms with E-state index < -0.39 is 6.04 Å². The predicted molar refractivity (Wildman–Crippen MR) is 134 cm³/mol. The molecule has 7 rings (SSSR count). The van der Waals surface area contributed by atoms with E-state index in [1.54, 1.807) is 0 Å². The Labute approximate surface area is 206 Å². The first-order chi connectivity index (χ1) is 17.0. The van der Waals surface area contributed by atoms with Crippen LogP contribution in [0.15, 0.2) is 60.7 Å². The molecule has 1 heterocycles. The van der Waals surface area contributed by atoms with Crippen LogP contribution in [-0.4, -0.2) is 28.7 Å². The van der Waals surface area contributed by atoms with Gasteiger partial charge in [-0.3, -0.25) is 19.3 Å². The maximum absolute atomic E-state index is 13.9. The normalized spacial score (nSPS) is 30.7. The molecule has 0 spiro atoms. The lowest BCUT2D eigenvalue weighted by Crippen LogP contribution is -2.49. The Morgan fingerprint density at radius 1 is 0.886 bits per heavy atom. The first-order valence-corrected chi connectivity index (χ1v) is 13.0. The molecular formula is C30H32N2O3. The smallest absolute Gasteiger partial charge is 0.248 e. The lowest BCUT2D eigenvalue weighted by molar-refractivity contribution is -0.146. The van der Waals surface area contributed by atoms with Crippen molar-refractivity contribution in [1.29, 1.82) is 0 Å². The second kappa shape index (κ2) is 8.47. The van der Waals surface area contributed by atoms with E-state index in [0.717, 1.165) is 41.6 Å². The second-order valence-corrected chi connectivity index (χ2v) is 10.6. The van der Waals surface area contributed by atoms with Gasteiger partial charge in [0.1, 0.15) is 6.04 Å². The van der Waals surface area contributed by atoms with Crippen molar-refractivity contribution < 1.29 is 14.4 Å². The number of likely N-dealkylation sites (tertiary alicyclic amines) is 1. The number of nitrogens with one attached hydrogen (secondary N) is 1. The van der Waals surface area contributed by atoms with E-state index in [9.17, 15) is 14.4 Å². The minimum absolute atomic E-state index is 0.143. The molecule has 180 valence electrons. The molecule has 35 heavy (non-hydrogen) atoms. The fourth-order valence-corrected chi connectivity index (χ4v) is 7.04. The van der Waals surface area contributed by atoms with E-state index >= 15 is 0 Å². The molecule has 3 fully saturated rings. The maximum Gasteiger partial charge on any atom is 0.248 e. The van der Waals surface area contributed by atoms with Gasteiger partial charge < -0.3 is 5.32 Å². The largest absolute Gasteiger partial charge is 0.324 e. The van der Waals surface area contributed by atoms with Gasteiger partial charge in [0.2, 0.25) is 17.7 Å². The number of carbonyl (C=O) groups is 3. The van der Waals surface area contributed by atoms with Crippen LogP contribution < -0.4 is 5.32 Å². The first kappa shape index (κ1) is 22.3. The molecule has 2 bridgehead atoms. The van der Waals surface area contributed by atoms with Gasteiger partial charge in [0, 0.05) is 12.1 Å². The summed E-state index contributed by atoms with van der Waals surface area (Å²) in [4.78, 5) is 42.9. The molecule has 4 aliphatic carbocycles. The molecule has 2 saturated carbocycles. The van der Waals surface area contributed by atoms with Crippen molar-refractivity contribution in [3.63, 3.8) is 0 Å². The summed E-state index contributed by atoms with van der Waals surface area (Å²) in [6, 6.07) is 14.9. The number of hydrogen-bond acceptors (Lipinski definition) is 3. The van der Waals surface area contributed by atoms with Gasteiger partial charge in [0.25, 0.3) is 0 Å². The van der Waals surface area contributed by atoms with Gasteiger partial charge in [-0.05, 0) is 59.6 Å². The average molecular weight is 469 g/mol. The van der Waals surface area contributed by atoms with Crippen molar-refractivity contribution in [3.05, 3.63) is 77.4 Å². The van der Waals surface area contributed by atoms with Gasteiger partial charge in [-0.15, -0.1) is 0 Å². The van der Waals surface area contributed by atoms with E-state index in [0.29, 0.717) is 18.3 Å². The van der Waals surface area contributed by atoms with Crippen LogP contribution in [0.3, 0.4) is 0 Å². The van der Waals surface area contributed by atoms with Gasteiger partial charge in [0.05, 0.1) is 11.8 Å². The number of aryl methyl sites for hydroxylation is 2. The number of amides is 3. The number of allylic oxidation sites excluding steroid dienone is 2. The highest BCUT2D eigenvalue weighted by Crippen LogP contribution is 2.65. The Morgan fingerprint density at radius 2 is 1.46 bits per heavy atom. The van der Waals surface area contributed by atoms with Crippen LogP contribution in [-0.2, 0) is 33.6 Å². The Bertz CT molecular complexity index is 1160. The number of benzene rings is 2. The number of carbonyl (C=O) groups excluding carboxylic acids is 3. The summed E-state index contributed by atoms with van der Waals surface area (Å²) in [7, 11) is 0. The average Bonchev–Trinajstić information content (AvgIpc) is 3.67. The molecule has 7 atom stereocenters. The van der Waals surface area contributed by atoms with Crippen molar-refractivity contribution in [2.75, 3.05) is 5.32 Å². The van der Waals surface area contributed by atoms with Crippen molar-refractivity contribution >= 4 is 23.4 Å². The molecule has 0 radical (unpaired) electrons. The summed E-state index contributed by atoms with van der Waals surface area (Å²) in [6.07, 6.45) is 7.36. The van der Waals surface area contributed by atoms with Crippen LogP contribution in [0.25, 0.3) is 0 Å². The lowest BCUT2D eigenvalue weighted by Gasteiger charge is -2.37. The highest BCUT2D eigenvalue weighted by Gasteiger charge is 2.67. The molecule has 3 amide bonds. The summed E-state index contributed by atoms with van der Waals surface area (Å²) < 4.78 is 0. The lowest BCUT2D eigenvalue weighted by atomic mass is 9.63. The summed E-state index contributed by atoms with van der Waals surface area (Å²) in [5.74, 6) is 0.160. The number of para-hydroxylation sites is 1. The van der Waals surface area contributed by atoms with Crippen molar-refractivity contribution in [3.8, 4) is 0 Å². The second-order valence-electron chi connectivity index (χ2n) is 10.6. The van der Waals surface area contributed by atoms with Gasteiger partial charge >= 0.3 is 0 Å². The van der Waals surface area contributed by atoms with E-state index in [1.807, 2.05) is 48.5 Å². The van der Waals surface area contributed by atoms with E-state index in [2.05, 4.69) is 31.3 Å². The van der Waals surface area contributed by atoms with Crippen molar-refractivity contribution in [1.82, 2.24) is 4.90 Å². The van der Waals surface area contributed by atoms with Gasteiger partial charge in [-0.1, -0.05) is 74.5 Å². The Kier molecular flexibility index (Phi) is 5.39. The minimum Gasteiger partial charge on any atom is -0.324 e. The topological polar surface area (TPSA) is 66.5 Å². The molecule has 2 aromatic rings. The third-order valence-electron chi connectivity index (χ3n) is 8.83. The number of imide groups is 1. The fraction of sp³-hybridized carbons (Fsp3) is 0.433. The third-order valence-corrected chi connectivity index (χ3v) is 8.83. The van der Waals surface area contributed by atoms with Crippen LogP contribution >= 0.6 is 0 Å². The molecule has 0 unspecified atom stereocenters. The molecule has 5 heteroatoms. The molecule has 0 aromatic heterocycles. The Hall–Kier alpha value is -3.21. The van der Waals surface area contributed by atoms with E-state index in [1.165, 1.54) is 4.90 Å². The van der Waals surface area contributed by atoms with Crippen LogP contribution in [0, 0.1) is 35.5 Å². The standard InChI is InChI=1S/C30H32N2O3/c1-3-18-11-8-12-19(4-2)27(18)31-28(33)24(15-17-9-6-5-7-10-17)32-29(34)25-20-13-14-21(23-16-22(20)23)26(25)30(32)35/h5-14,20-26H,3-4,15-16H2,1-2H3,(H,31,33)/t20-,21-,22-,23-,24-,25+,26+/m1/s1. The molecule has 1 saturated heterocycles. The summed E-state index contributed by atoms with van der Waals surface area (Å²) in [5, 5.41) is 3.16. The number of rotatable bonds is 7. The predicted octanol–water partition coefficient (Wildman–Crippen LogP) is 4.41. The van der Waals surface area contributed by atoms with Gasteiger partial charge in [-0.2, -0.15) is 0 Å². The van der Waals surface area contributed by atoms with Crippen LogP contribution in [0.5, 0.6) is 0 Å². The highest BCUT2D eigenvalue weighted by atomic mass is 16.2. The maximum atomic E-state index is 13.9. The Morgan fingerprint density at radius 3 is 2.00 bits per heavy atom. The van der Waals surface area contributed by atoms with Crippen LogP contribution in [0.2, 0.25) is 0 Å². The molecule has 1 aliphatic heterocycles. The van der Waals surface area contributed by atoms with Crippen molar-refractivity contribution in [2.45, 2.75) is 45.6 Å². The van der Waals surface area contributed by atoms with Crippen LogP contribution in [0.4, 0.5) is 5.69 Å². The van der Waals surface area contributed by atoms with Crippen molar-refractivity contribution in [2.24, 2.45) is 35.5 Å². The summed E-state index contributed by atoms with van der Waals surface area (Å²) in [5.41, 5.74) is 3.88. The monoisotopic (exact) mass is 468 g/mol. The first-order valence-electron chi connectivity index (χ1n) is 13.0. The zero-order chi connectivity index (χ0) is 24.3. The van der Waals surface area contributed by atoms with Gasteiger partial charge in [-0.25, -0.2) is 0 Å². The van der Waals surface area contributed by atoms with E-state index in [-0.39, 0.29) is 41.4 Å². The van der Waals surface area contributed by atoms with E-state index in [4.69, 9.17) is 0 Å². The minimum atomic E-state index is -0.867. The number of anilines is 1. The van der Waals surface area contributed by atoms with Gasteiger partial charge in [0.15, 0.2) is 0 Å². The third kappa shape index (κ3) is 3.47. The molecule has 2 aromatic carbocycles. The highest BCUT2D eigenvalue weighted by molar-refractivity contribution is 6.11. The Balaban J connectivity index is 1.35. The summed E-state index contributed by atoms with van der Waals surface area (Å²) in [6.45, 7) is 4.14. The zero-order valence-corrected chi connectivity index (χ0v) is 20.3. The SMILES string of the molecule is CCc1cccc(CC)c1NC(=O)[C@@H](Cc1ccccc1)N1C(=O)[C@H]2[C@@H]3C=C[C@H]([C@H]4C[C@H]34)[C@@H]2C1=O. The zero-order valence-electron chi connectivity index (χ0n) is 20.3. The number of nitrogens with zero attached hydrogens (tertiary/aromatic N) is 1. The number of hydrogen-bond donors (Lipinski definition) is 1. The molecular weight excluding hydrogens is 436 g/mol. The fourth-order valence-electron chi connectivity index (χ4n) is 7.04. The van der Waals surface area contributed by atoms with Crippen LogP contribution in [0.1, 0.15) is 37.0 Å². The molecule has 1 N–H and O–H groups in total. The quantitative estimate of drug-likeness (QED) is 0.483.